The molecule has 0 aromatic heterocycles. The van der Waals surface area contributed by atoms with E-state index in [4.69, 9.17) is 14.2 Å². The molecule has 0 spiro atoms. The Bertz CT molecular complexity index is 811. The van der Waals surface area contributed by atoms with Gasteiger partial charge in [-0.05, 0) is 42.2 Å². The average molecular weight is 353 g/mol. The minimum Gasteiger partial charge on any atom is -0.497 e. The van der Waals surface area contributed by atoms with Crippen LogP contribution in [0.25, 0.3) is 0 Å². The van der Waals surface area contributed by atoms with Gasteiger partial charge in [-0.25, -0.2) is 0 Å². The highest BCUT2D eigenvalue weighted by Crippen LogP contribution is 2.35. The van der Waals surface area contributed by atoms with Crippen molar-refractivity contribution in [3.05, 3.63) is 59.8 Å². The zero-order valence-electron chi connectivity index (χ0n) is 15.2. The van der Waals surface area contributed by atoms with Crippen molar-refractivity contribution in [3.63, 3.8) is 0 Å². The van der Waals surface area contributed by atoms with Crippen LogP contribution in [0.5, 0.6) is 17.2 Å². The Morgan fingerprint density at radius 2 is 1.62 bits per heavy atom. The average Bonchev–Trinajstić information content (AvgIpc) is 2.67. The molecule has 0 saturated carbocycles. The second-order valence-electron chi connectivity index (χ2n) is 6.21. The molecule has 2 aromatic rings. The lowest BCUT2D eigenvalue weighted by molar-refractivity contribution is -0.115. The fourth-order valence-corrected chi connectivity index (χ4v) is 3.19. The number of allylic oxidation sites excluding steroid dienone is 2. The van der Waals surface area contributed by atoms with Crippen LogP contribution in [0.4, 0.5) is 5.69 Å². The number of carbonyl (C=O) groups excluding carboxylic acids is 1. The van der Waals surface area contributed by atoms with Gasteiger partial charge < -0.3 is 19.5 Å². The predicted molar refractivity (Wildman–Crippen MR) is 101 cm³/mol. The van der Waals surface area contributed by atoms with Crippen LogP contribution in [-0.2, 0) is 4.79 Å². The van der Waals surface area contributed by atoms with E-state index < -0.39 is 0 Å². The van der Waals surface area contributed by atoms with E-state index in [9.17, 15) is 4.79 Å². The number of carbonyl (C=O) groups is 1. The van der Waals surface area contributed by atoms with Crippen LogP contribution < -0.4 is 19.5 Å². The molecule has 2 aromatic carbocycles. The summed E-state index contributed by atoms with van der Waals surface area (Å²) in [5.41, 5.74) is 2.89. The number of rotatable bonds is 6. The van der Waals surface area contributed by atoms with Gasteiger partial charge in [0.25, 0.3) is 0 Å². The topological polar surface area (TPSA) is 56.8 Å². The molecule has 136 valence electrons. The Labute approximate surface area is 153 Å². The molecule has 0 unspecified atom stereocenters. The zero-order chi connectivity index (χ0) is 18.5. The van der Waals surface area contributed by atoms with E-state index in [-0.39, 0.29) is 11.7 Å². The second kappa shape index (κ2) is 7.95. The summed E-state index contributed by atoms with van der Waals surface area (Å²) in [5, 5.41) is 3.34. The van der Waals surface area contributed by atoms with Crippen LogP contribution in [0.3, 0.4) is 0 Å². The number of benzene rings is 2. The molecule has 1 N–H and O–H groups in total. The predicted octanol–water partition coefficient (Wildman–Crippen LogP) is 4.15. The van der Waals surface area contributed by atoms with Crippen molar-refractivity contribution in [2.24, 2.45) is 0 Å². The number of nitrogens with one attached hydrogen (secondary N) is 1. The van der Waals surface area contributed by atoms with Gasteiger partial charge in [0.15, 0.2) is 17.3 Å². The third-order valence-corrected chi connectivity index (χ3v) is 4.52. The first-order valence-electron chi connectivity index (χ1n) is 8.49. The molecule has 0 radical (unpaired) electrons. The number of ether oxygens (including phenoxy) is 3. The molecule has 0 fully saturated rings. The van der Waals surface area contributed by atoms with Gasteiger partial charge in [0.2, 0.25) is 0 Å². The van der Waals surface area contributed by atoms with E-state index in [1.807, 2.05) is 42.5 Å². The Balaban J connectivity index is 1.76. The van der Waals surface area contributed by atoms with Gasteiger partial charge in [0, 0.05) is 29.9 Å². The maximum Gasteiger partial charge on any atom is 0.162 e. The SMILES string of the molecule is COc1ccc([C@H]2CC(=O)C=C(Nc3ccc(OC)c(OC)c3)C2)cc1. The molecule has 5 heteroatoms. The molecule has 0 saturated heterocycles. The van der Waals surface area contributed by atoms with Crippen molar-refractivity contribution < 1.29 is 19.0 Å². The van der Waals surface area contributed by atoms with Gasteiger partial charge in [-0.1, -0.05) is 12.1 Å². The number of anilines is 1. The maximum atomic E-state index is 12.2. The maximum absolute atomic E-state index is 12.2. The van der Waals surface area contributed by atoms with E-state index in [0.29, 0.717) is 17.9 Å². The standard InChI is InChI=1S/C21H23NO4/c1-24-19-7-4-14(5-8-19)15-10-17(12-18(23)11-15)22-16-6-9-20(25-2)21(13-16)26-3/h4-9,12-13,15,22H,10-11H2,1-3H3/t15-/m1/s1. The highest BCUT2D eigenvalue weighted by molar-refractivity contribution is 5.92. The molecule has 0 aliphatic heterocycles. The summed E-state index contributed by atoms with van der Waals surface area (Å²) in [5.74, 6) is 2.41. The van der Waals surface area contributed by atoms with Crippen LogP contribution in [0.15, 0.2) is 54.2 Å². The lowest BCUT2D eigenvalue weighted by atomic mass is 9.85. The first-order valence-corrected chi connectivity index (χ1v) is 8.49. The van der Waals surface area contributed by atoms with E-state index in [2.05, 4.69) is 5.32 Å². The van der Waals surface area contributed by atoms with Gasteiger partial charge in [0.1, 0.15) is 5.75 Å². The summed E-state index contributed by atoms with van der Waals surface area (Å²) in [6, 6.07) is 13.5. The van der Waals surface area contributed by atoms with Gasteiger partial charge in [-0.2, -0.15) is 0 Å². The Hall–Kier alpha value is -2.95. The molecule has 1 aliphatic carbocycles. The minimum atomic E-state index is 0.125. The lowest BCUT2D eigenvalue weighted by Crippen LogP contribution is -2.16. The highest BCUT2D eigenvalue weighted by atomic mass is 16.5. The molecule has 1 atom stereocenters. The summed E-state index contributed by atoms with van der Waals surface area (Å²) in [6.45, 7) is 0. The number of ketones is 1. The molecule has 5 nitrogen and oxygen atoms in total. The largest absolute Gasteiger partial charge is 0.497 e. The van der Waals surface area contributed by atoms with Crippen LogP contribution >= 0.6 is 0 Å². The number of hydrogen-bond donors (Lipinski definition) is 1. The van der Waals surface area contributed by atoms with E-state index >= 15 is 0 Å². The van der Waals surface area contributed by atoms with Crippen LogP contribution in [0, 0.1) is 0 Å². The smallest absolute Gasteiger partial charge is 0.162 e. The van der Waals surface area contributed by atoms with E-state index in [0.717, 1.165) is 29.1 Å². The molecule has 26 heavy (non-hydrogen) atoms. The summed E-state index contributed by atoms with van der Waals surface area (Å²) >= 11 is 0. The van der Waals surface area contributed by atoms with Crippen LogP contribution in [0.1, 0.15) is 24.3 Å². The van der Waals surface area contributed by atoms with Crippen LogP contribution in [-0.4, -0.2) is 27.1 Å². The zero-order valence-corrected chi connectivity index (χ0v) is 15.2. The quantitative estimate of drug-likeness (QED) is 0.845. The molecule has 3 rings (SSSR count). The van der Waals surface area contributed by atoms with Crippen molar-refractivity contribution in [2.45, 2.75) is 18.8 Å². The monoisotopic (exact) mass is 353 g/mol. The molecular formula is C21H23NO4. The fraction of sp³-hybridized carbons (Fsp3) is 0.286. The van der Waals surface area contributed by atoms with Crippen LogP contribution in [0.2, 0.25) is 0 Å². The van der Waals surface area contributed by atoms with Crippen molar-refractivity contribution in [1.29, 1.82) is 0 Å². The number of hydrogen-bond acceptors (Lipinski definition) is 5. The Morgan fingerprint density at radius 1 is 0.885 bits per heavy atom. The third kappa shape index (κ3) is 3.99. The lowest BCUT2D eigenvalue weighted by Gasteiger charge is -2.24. The number of methoxy groups -OCH3 is 3. The van der Waals surface area contributed by atoms with Gasteiger partial charge in [-0.3, -0.25) is 4.79 Å². The van der Waals surface area contributed by atoms with Crippen molar-refractivity contribution >= 4 is 11.5 Å². The summed E-state index contributed by atoms with van der Waals surface area (Å²) in [4.78, 5) is 12.2. The highest BCUT2D eigenvalue weighted by Gasteiger charge is 2.22. The fourth-order valence-electron chi connectivity index (χ4n) is 3.19. The Kier molecular flexibility index (Phi) is 5.46. The molecule has 0 bridgehead atoms. The first-order chi connectivity index (χ1) is 12.6. The van der Waals surface area contributed by atoms with E-state index in [1.165, 1.54) is 0 Å². The minimum absolute atomic E-state index is 0.125. The normalized spacial score (nSPS) is 16.7. The van der Waals surface area contributed by atoms with Crippen molar-refractivity contribution in [3.8, 4) is 17.2 Å². The summed E-state index contributed by atoms with van der Waals surface area (Å²) in [7, 11) is 4.85. The molecule has 0 amide bonds. The van der Waals surface area contributed by atoms with Crippen molar-refractivity contribution in [2.75, 3.05) is 26.6 Å². The van der Waals surface area contributed by atoms with Gasteiger partial charge in [-0.15, -0.1) is 0 Å². The van der Waals surface area contributed by atoms with E-state index in [1.54, 1.807) is 27.4 Å². The first kappa shape index (κ1) is 17.9. The summed E-state index contributed by atoms with van der Waals surface area (Å²) < 4.78 is 15.8. The second-order valence-corrected chi connectivity index (χ2v) is 6.21. The van der Waals surface area contributed by atoms with Gasteiger partial charge in [0.05, 0.1) is 21.3 Å². The molecule has 1 aliphatic rings. The van der Waals surface area contributed by atoms with Crippen molar-refractivity contribution in [1.82, 2.24) is 0 Å². The molecule has 0 heterocycles. The van der Waals surface area contributed by atoms with Gasteiger partial charge >= 0.3 is 0 Å². The molecular weight excluding hydrogens is 330 g/mol. The third-order valence-electron chi connectivity index (χ3n) is 4.52. The Morgan fingerprint density at radius 3 is 2.27 bits per heavy atom. The summed E-state index contributed by atoms with van der Waals surface area (Å²) in [6.07, 6.45) is 2.98.